The summed E-state index contributed by atoms with van der Waals surface area (Å²) in [5, 5.41) is 0. The van der Waals surface area contributed by atoms with E-state index in [0.717, 1.165) is 25.0 Å². The first-order valence-corrected chi connectivity index (χ1v) is 14.6. The maximum Gasteiger partial charge on any atom is 0.573 e. The molecule has 4 nitrogen and oxygen atoms in total. The van der Waals surface area contributed by atoms with E-state index in [9.17, 15) is 4.79 Å². The van der Waals surface area contributed by atoms with Gasteiger partial charge in [-0.25, -0.2) is 0 Å². The van der Waals surface area contributed by atoms with E-state index in [2.05, 4.69) is 6.92 Å². The maximum atomic E-state index is 12.1. The van der Waals surface area contributed by atoms with Crippen LogP contribution in [0.15, 0.2) is 0 Å². The molecule has 0 fully saturated rings. The largest absolute Gasteiger partial charge is 0.573 e. The van der Waals surface area contributed by atoms with Gasteiger partial charge in [0.25, 0.3) is 0 Å². The van der Waals surface area contributed by atoms with Crippen molar-refractivity contribution in [2.75, 3.05) is 25.6 Å². The number of hydrogen-bond donors (Lipinski definition) is 0. The van der Waals surface area contributed by atoms with Crippen molar-refractivity contribution in [3.63, 3.8) is 0 Å². The Balaban J connectivity index is 3.74. The zero-order valence-electron chi connectivity index (χ0n) is 18.4. The van der Waals surface area contributed by atoms with Crippen molar-refractivity contribution < 1.29 is 18.1 Å². The standard InChI is InChI=1S/C21H44O4SSi/c1-5-9-10-11-12-13-14-15-16-18-21(22)19-17-20-26-27(23-6-2,24-7-3)25-8-4/h5-20H2,1-4H3. The Hall–Kier alpha value is 0.117. The number of rotatable bonds is 21. The summed E-state index contributed by atoms with van der Waals surface area (Å²) in [6.07, 6.45) is 13.9. The Morgan fingerprint density at radius 1 is 0.667 bits per heavy atom. The van der Waals surface area contributed by atoms with E-state index in [1.165, 1.54) is 51.4 Å². The maximum absolute atomic E-state index is 12.1. The fraction of sp³-hybridized carbons (Fsp3) is 0.952. The van der Waals surface area contributed by atoms with Crippen LogP contribution in [0.1, 0.15) is 105 Å². The Labute approximate surface area is 173 Å². The molecule has 0 aliphatic rings. The van der Waals surface area contributed by atoms with E-state index in [1.54, 1.807) is 11.2 Å². The lowest BCUT2D eigenvalue weighted by atomic mass is 10.0. The van der Waals surface area contributed by atoms with E-state index in [1.807, 2.05) is 20.8 Å². The van der Waals surface area contributed by atoms with Crippen molar-refractivity contribution in [1.29, 1.82) is 0 Å². The topological polar surface area (TPSA) is 44.8 Å². The lowest BCUT2D eigenvalue weighted by Gasteiger charge is -2.27. The number of hydrogen-bond acceptors (Lipinski definition) is 5. The average Bonchev–Trinajstić information content (AvgIpc) is 2.64. The molecule has 0 unspecified atom stereocenters. The lowest BCUT2D eigenvalue weighted by Crippen LogP contribution is -2.43. The van der Waals surface area contributed by atoms with Gasteiger partial charge in [-0.1, -0.05) is 69.5 Å². The molecule has 0 amide bonds. The fourth-order valence-corrected chi connectivity index (χ4v) is 8.10. The van der Waals surface area contributed by atoms with E-state index < -0.39 is 7.95 Å². The highest BCUT2D eigenvalue weighted by Crippen LogP contribution is 2.26. The smallest absolute Gasteiger partial charge is 0.366 e. The van der Waals surface area contributed by atoms with E-state index in [0.29, 0.717) is 32.0 Å². The van der Waals surface area contributed by atoms with Gasteiger partial charge in [0.15, 0.2) is 0 Å². The summed E-state index contributed by atoms with van der Waals surface area (Å²) in [7, 11) is -2.61. The number of unbranched alkanes of at least 4 members (excludes halogenated alkanes) is 8. The Bertz CT molecular complexity index is 325. The van der Waals surface area contributed by atoms with Crippen LogP contribution in [-0.2, 0) is 18.1 Å². The summed E-state index contributed by atoms with van der Waals surface area (Å²) in [5.41, 5.74) is 0. The zero-order chi connectivity index (χ0) is 20.2. The Morgan fingerprint density at radius 3 is 1.59 bits per heavy atom. The number of carbonyl (C=O) groups excluding carboxylic acids is 1. The van der Waals surface area contributed by atoms with Crippen LogP contribution in [-0.4, -0.2) is 39.3 Å². The molecule has 6 heteroatoms. The van der Waals surface area contributed by atoms with Crippen molar-refractivity contribution in [2.24, 2.45) is 0 Å². The molecule has 0 radical (unpaired) electrons. The second-order valence-corrected chi connectivity index (χ2v) is 11.8. The van der Waals surface area contributed by atoms with Crippen LogP contribution >= 0.6 is 11.2 Å². The predicted octanol–water partition coefficient (Wildman–Crippen LogP) is 6.53. The van der Waals surface area contributed by atoms with Crippen molar-refractivity contribution in [2.45, 2.75) is 105 Å². The quantitative estimate of drug-likeness (QED) is 0.156. The van der Waals surface area contributed by atoms with Gasteiger partial charge in [0, 0.05) is 32.7 Å². The minimum Gasteiger partial charge on any atom is -0.366 e. The molecule has 0 rings (SSSR count). The SMILES string of the molecule is CCCCCCCCCCCC(=O)CCCS[Si](OCC)(OCC)OCC. The summed E-state index contributed by atoms with van der Waals surface area (Å²) in [6, 6.07) is 0. The molecule has 0 saturated heterocycles. The van der Waals surface area contributed by atoms with Gasteiger partial charge in [-0.2, -0.15) is 0 Å². The Kier molecular flexibility index (Phi) is 19.5. The third-order valence-corrected chi connectivity index (χ3v) is 9.91. The number of carbonyl (C=O) groups is 1. The molecular weight excluding hydrogens is 376 g/mol. The zero-order valence-corrected chi connectivity index (χ0v) is 20.2. The van der Waals surface area contributed by atoms with Gasteiger partial charge in [-0.3, -0.25) is 4.79 Å². The van der Waals surface area contributed by atoms with E-state index in [-0.39, 0.29) is 0 Å². The minimum absolute atomic E-state index is 0.398. The van der Waals surface area contributed by atoms with Crippen LogP contribution in [0.3, 0.4) is 0 Å². The van der Waals surface area contributed by atoms with Gasteiger partial charge in [0.05, 0.1) is 0 Å². The van der Waals surface area contributed by atoms with E-state index >= 15 is 0 Å². The van der Waals surface area contributed by atoms with Gasteiger partial charge in [0.2, 0.25) is 0 Å². The molecule has 0 spiro atoms. The predicted molar refractivity (Wildman–Crippen MR) is 119 cm³/mol. The number of ketones is 1. The molecule has 0 aromatic heterocycles. The minimum atomic E-state index is -2.61. The van der Waals surface area contributed by atoms with Crippen molar-refractivity contribution in [3.05, 3.63) is 0 Å². The molecule has 0 bridgehead atoms. The Morgan fingerprint density at radius 2 is 1.11 bits per heavy atom. The second-order valence-electron chi connectivity index (χ2n) is 6.87. The van der Waals surface area contributed by atoms with Crippen molar-refractivity contribution in [3.8, 4) is 0 Å². The summed E-state index contributed by atoms with van der Waals surface area (Å²) >= 11 is 1.65. The van der Waals surface area contributed by atoms with Crippen molar-refractivity contribution in [1.82, 2.24) is 0 Å². The van der Waals surface area contributed by atoms with Gasteiger partial charge in [-0.05, 0) is 39.4 Å². The molecular formula is C21H44O4SSi. The van der Waals surface area contributed by atoms with Crippen LogP contribution in [0, 0.1) is 0 Å². The summed E-state index contributed by atoms with van der Waals surface area (Å²) in [6.45, 7) is 9.94. The van der Waals surface area contributed by atoms with Gasteiger partial charge < -0.3 is 13.3 Å². The van der Waals surface area contributed by atoms with Crippen LogP contribution in [0.5, 0.6) is 0 Å². The third kappa shape index (κ3) is 15.7. The van der Waals surface area contributed by atoms with Crippen LogP contribution in [0.2, 0.25) is 0 Å². The van der Waals surface area contributed by atoms with Crippen LogP contribution < -0.4 is 0 Å². The van der Waals surface area contributed by atoms with Crippen molar-refractivity contribution >= 4 is 24.9 Å². The molecule has 0 aliphatic heterocycles. The van der Waals surface area contributed by atoms with E-state index in [4.69, 9.17) is 13.3 Å². The lowest BCUT2D eigenvalue weighted by molar-refractivity contribution is -0.119. The first kappa shape index (κ1) is 27.1. The third-order valence-electron chi connectivity index (χ3n) is 4.40. The first-order chi connectivity index (χ1) is 13.1. The highest BCUT2D eigenvalue weighted by atomic mass is 32.4. The molecule has 0 aliphatic carbocycles. The molecule has 0 N–H and O–H groups in total. The average molecular weight is 421 g/mol. The molecule has 0 aromatic carbocycles. The highest BCUT2D eigenvalue weighted by Gasteiger charge is 2.41. The molecule has 0 heterocycles. The second kappa shape index (κ2) is 19.4. The fourth-order valence-electron chi connectivity index (χ4n) is 3.00. The monoisotopic (exact) mass is 420 g/mol. The molecule has 162 valence electrons. The normalized spacial score (nSPS) is 11.9. The summed E-state index contributed by atoms with van der Waals surface area (Å²) < 4.78 is 17.5. The summed E-state index contributed by atoms with van der Waals surface area (Å²) in [5.74, 6) is 1.26. The first-order valence-electron chi connectivity index (χ1n) is 11.2. The molecule has 27 heavy (non-hydrogen) atoms. The van der Waals surface area contributed by atoms with Gasteiger partial charge in [-0.15, -0.1) is 0 Å². The number of Topliss-reactive ketones (excluding diaryl/α,β-unsaturated/α-hetero) is 1. The van der Waals surface area contributed by atoms with Gasteiger partial charge in [0.1, 0.15) is 5.78 Å². The molecule has 0 saturated carbocycles. The van der Waals surface area contributed by atoms with Crippen LogP contribution in [0.4, 0.5) is 0 Å². The van der Waals surface area contributed by atoms with Gasteiger partial charge >= 0.3 is 7.95 Å². The highest BCUT2D eigenvalue weighted by molar-refractivity contribution is 8.26. The van der Waals surface area contributed by atoms with Crippen LogP contribution in [0.25, 0.3) is 0 Å². The summed E-state index contributed by atoms with van der Waals surface area (Å²) in [4.78, 5) is 12.1. The molecule has 0 atom stereocenters. The molecule has 0 aromatic rings.